The molecule has 122 valence electrons. The number of methoxy groups -OCH3 is 1. The van der Waals surface area contributed by atoms with Crippen LogP contribution in [-0.2, 0) is 0 Å². The van der Waals surface area contributed by atoms with E-state index in [4.69, 9.17) is 10.5 Å². The van der Waals surface area contributed by atoms with Crippen LogP contribution < -0.4 is 21.1 Å². The second-order valence-corrected chi connectivity index (χ2v) is 4.95. The molecule has 1 aromatic heterocycles. The molecule has 0 spiro atoms. The Bertz CT molecular complexity index is 856. The van der Waals surface area contributed by atoms with Crippen molar-refractivity contribution in [2.75, 3.05) is 23.5 Å². The molecule has 7 heteroatoms. The monoisotopic (exact) mass is 325 g/mol. The topological polar surface area (TPSA) is 85.1 Å². The number of rotatable bonds is 5. The molecule has 0 aliphatic carbocycles. The van der Waals surface area contributed by atoms with Gasteiger partial charge in [-0.15, -0.1) is 0 Å². The summed E-state index contributed by atoms with van der Waals surface area (Å²) in [5.74, 6) is 1.05. The van der Waals surface area contributed by atoms with E-state index in [9.17, 15) is 4.39 Å². The lowest BCUT2D eigenvalue weighted by atomic mass is 10.3. The minimum atomic E-state index is -0.391. The van der Waals surface area contributed by atoms with E-state index in [-0.39, 0.29) is 11.4 Å². The van der Waals surface area contributed by atoms with E-state index < -0.39 is 5.82 Å². The second-order valence-electron chi connectivity index (χ2n) is 4.95. The highest BCUT2D eigenvalue weighted by atomic mass is 19.1. The van der Waals surface area contributed by atoms with Gasteiger partial charge in [0.05, 0.1) is 12.8 Å². The van der Waals surface area contributed by atoms with Crippen LogP contribution >= 0.6 is 0 Å². The quantitative estimate of drug-likeness (QED) is 0.663. The predicted molar refractivity (Wildman–Crippen MR) is 92.4 cm³/mol. The third-order valence-corrected chi connectivity index (χ3v) is 3.34. The fourth-order valence-corrected chi connectivity index (χ4v) is 2.12. The highest BCUT2D eigenvalue weighted by molar-refractivity contribution is 5.80. The van der Waals surface area contributed by atoms with Gasteiger partial charge in [0, 0.05) is 11.8 Å². The lowest BCUT2D eigenvalue weighted by molar-refractivity contribution is 0.415. The minimum absolute atomic E-state index is 0.281. The number of nitrogen functional groups attached to an aromatic ring is 1. The molecule has 0 aliphatic heterocycles. The molecule has 0 unspecified atom stereocenters. The first-order chi connectivity index (χ1) is 11.7. The van der Waals surface area contributed by atoms with Crippen LogP contribution in [-0.4, -0.2) is 17.1 Å². The van der Waals surface area contributed by atoms with Crippen LogP contribution in [0.1, 0.15) is 0 Å². The summed E-state index contributed by atoms with van der Waals surface area (Å²) in [4.78, 5) is 8.20. The van der Waals surface area contributed by atoms with E-state index in [0.717, 1.165) is 5.69 Å². The summed E-state index contributed by atoms with van der Waals surface area (Å²) in [7, 11) is 1.59. The molecule has 2 aromatic carbocycles. The molecule has 1 heterocycles. The molecule has 0 saturated heterocycles. The Kier molecular flexibility index (Phi) is 4.42. The van der Waals surface area contributed by atoms with Gasteiger partial charge in [-0.2, -0.15) is 0 Å². The maximum absolute atomic E-state index is 13.8. The normalized spacial score (nSPS) is 10.2. The molecule has 0 aliphatic rings. The Balaban J connectivity index is 1.86. The summed E-state index contributed by atoms with van der Waals surface area (Å²) in [6.07, 6.45) is 1.35. The van der Waals surface area contributed by atoms with Gasteiger partial charge in [0.15, 0.2) is 11.6 Å². The van der Waals surface area contributed by atoms with Gasteiger partial charge in [-0.25, -0.2) is 14.4 Å². The second kappa shape index (κ2) is 6.82. The van der Waals surface area contributed by atoms with Gasteiger partial charge in [0.1, 0.15) is 23.6 Å². The largest absolute Gasteiger partial charge is 0.497 e. The van der Waals surface area contributed by atoms with Crippen molar-refractivity contribution in [3.8, 4) is 5.75 Å². The van der Waals surface area contributed by atoms with Gasteiger partial charge >= 0.3 is 0 Å². The summed E-state index contributed by atoms with van der Waals surface area (Å²) >= 11 is 0. The number of halogens is 1. The Morgan fingerprint density at radius 2 is 1.75 bits per heavy atom. The molecule has 3 aromatic rings. The van der Waals surface area contributed by atoms with E-state index in [2.05, 4.69) is 20.6 Å². The van der Waals surface area contributed by atoms with Crippen LogP contribution in [0.3, 0.4) is 0 Å². The Morgan fingerprint density at radius 3 is 2.50 bits per heavy atom. The smallest absolute Gasteiger partial charge is 0.159 e. The summed E-state index contributed by atoms with van der Waals surface area (Å²) in [6.45, 7) is 0. The number of aromatic nitrogens is 2. The molecule has 0 bridgehead atoms. The van der Waals surface area contributed by atoms with E-state index in [1.54, 1.807) is 25.3 Å². The number of hydrogen-bond donors (Lipinski definition) is 3. The van der Waals surface area contributed by atoms with Crippen LogP contribution in [0.5, 0.6) is 5.75 Å². The van der Waals surface area contributed by atoms with Gasteiger partial charge in [0.2, 0.25) is 0 Å². The number of nitrogens with one attached hydrogen (secondary N) is 2. The average molecular weight is 325 g/mol. The van der Waals surface area contributed by atoms with Crippen molar-refractivity contribution >= 4 is 28.7 Å². The van der Waals surface area contributed by atoms with Crippen LogP contribution in [0.2, 0.25) is 0 Å². The summed E-state index contributed by atoms with van der Waals surface area (Å²) < 4.78 is 18.9. The van der Waals surface area contributed by atoms with Gasteiger partial charge in [0.25, 0.3) is 0 Å². The first-order valence-electron chi connectivity index (χ1n) is 7.20. The molecule has 0 saturated carbocycles. The number of para-hydroxylation sites is 1. The molecular weight excluding hydrogens is 309 g/mol. The fourth-order valence-electron chi connectivity index (χ4n) is 2.12. The zero-order valence-electron chi connectivity index (χ0n) is 13.0. The van der Waals surface area contributed by atoms with Gasteiger partial charge in [-0.1, -0.05) is 18.2 Å². The van der Waals surface area contributed by atoms with Crippen LogP contribution in [0.15, 0.2) is 54.9 Å². The lowest BCUT2D eigenvalue weighted by Gasteiger charge is -2.13. The standard InChI is InChI=1S/C17H16FN5O/c1-24-12-6-4-5-11(9-12)22-16-15(19)17(21-10-20-16)23-14-8-3-2-7-13(14)18/h2-10H,19H2,1H3,(H2,20,21,22,23). The van der Waals surface area contributed by atoms with Crippen LogP contribution in [0.4, 0.5) is 33.1 Å². The van der Waals surface area contributed by atoms with Crippen molar-refractivity contribution in [3.05, 3.63) is 60.7 Å². The van der Waals surface area contributed by atoms with E-state index in [1.807, 2.05) is 24.3 Å². The van der Waals surface area contributed by atoms with Crippen molar-refractivity contribution in [2.24, 2.45) is 0 Å². The summed E-state index contributed by atoms with van der Waals surface area (Å²) in [6, 6.07) is 13.6. The fraction of sp³-hybridized carbons (Fsp3) is 0.0588. The van der Waals surface area contributed by atoms with Gasteiger partial charge < -0.3 is 21.1 Å². The molecule has 24 heavy (non-hydrogen) atoms. The Hall–Kier alpha value is -3.35. The minimum Gasteiger partial charge on any atom is -0.497 e. The van der Waals surface area contributed by atoms with Crippen LogP contribution in [0, 0.1) is 5.82 Å². The van der Waals surface area contributed by atoms with Crippen LogP contribution in [0.25, 0.3) is 0 Å². The number of benzene rings is 2. The van der Waals surface area contributed by atoms with E-state index in [1.165, 1.54) is 12.4 Å². The first-order valence-corrected chi connectivity index (χ1v) is 7.20. The number of nitrogens with zero attached hydrogens (tertiary/aromatic N) is 2. The zero-order valence-corrected chi connectivity index (χ0v) is 13.0. The van der Waals surface area contributed by atoms with Crippen molar-refractivity contribution in [1.29, 1.82) is 0 Å². The molecule has 6 nitrogen and oxygen atoms in total. The molecule has 4 N–H and O–H groups in total. The van der Waals surface area contributed by atoms with Crippen molar-refractivity contribution in [3.63, 3.8) is 0 Å². The first kappa shape index (κ1) is 15.5. The zero-order chi connectivity index (χ0) is 16.9. The molecule has 3 rings (SSSR count). The Labute approximate surface area is 138 Å². The molecule has 0 radical (unpaired) electrons. The Morgan fingerprint density at radius 1 is 1.00 bits per heavy atom. The molecular formula is C17H16FN5O. The van der Waals surface area contributed by atoms with E-state index >= 15 is 0 Å². The summed E-state index contributed by atoms with van der Waals surface area (Å²) in [5.41, 5.74) is 7.43. The van der Waals surface area contributed by atoms with Crippen molar-refractivity contribution < 1.29 is 9.13 Å². The average Bonchev–Trinajstić information content (AvgIpc) is 2.60. The van der Waals surface area contributed by atoms with Gasteiger partial charge in [-0.05, 0) is 24.3 Å². The van der Waals surface area contributed by atoms with Gasteiger partial charge in [-0.3, -0.25) is 0 Å². The maximum atomic E-state index is 13.8. The SMILES string of the molecule is COc1cccc(Nc2ncnc(Nc3ccccc3F)c2N)c1. The summed E-state index contributed by atoms with van der Waals surface area (Å²) in [5, 5.41) is 5.97. The van der Waals surface area contributed by atoms with Crippen molar-refractivity contribution in [1.82, 2.24) is 9.97 Å². The number of anilines is 5. The highest BCUT2D eigenvalue weighted by Gasteiger charge is 2.10. The number of nitrogens with two attached hydrogens (primary N) is 1. The predicted octanol–water partition coefficient (Wildman–Crippen LogP) is 3.69. The third-order valence-electron chi connectivity index (χ3n) is 3.34. The lowest BCUT2D eigenvalue weighted by Crippen LogP contribution is -2.05. The third kappa shape index (κ3) is 3.35. The number of ether oxygens (including phenoxy) is 1. The highest BCUT2D eigenvalue weighted by Crippen LogP contribution is 2.29. The van der Waals surface area contributed by atoms with Crippen molar-refractivity contribution in [2.45, 2.75) is 0 Å². The maximum Gasteiger partial charge on any atom is 0.159 e. The molecule has 0 fully saturated rings. The molecule has 0 atom stereocenters. The molecule has 0 amide bonds. The number of hydrogen-bond acceptors (Lipinski definition) is 6. The van der Waals surface area contributed by atoms with E-state index in [0.29, 0.717) is 17.4 Å².